The van der Waals surface area contributed by atoms with Crippen molar-refractivity contribution in [1.29, 1.82) is 0 Å². The Bertz CT molecular complexity index is 631. The lowest BCUT2D eigenvalue weighted by Gasteiger charge is -2.33. The molecule has 0 saturated heterocycles. The van der Waals surface area contributed by atoms with Crippen LogP contribution in [0.5, 0.6) is 0 Å². The zero-order chi connectivity index (χ0) is 15.0. The van der Waals surface area contributed by atoms with Crippen molar-refractivity contribution >= 4 is 15.8 Å². The third-order valence-corrected chi connectivity index (χ3v) is 5.11. The van der Waals surface area contributed by atoms with Crippen LogP contribution in [0.25, 0.3) is 0 Å². The fourth-order valence-corrected chi connectivity index (χ4v) is 3.63. The van der Waals surface area contributed by atoms with Gasteiger partial charge in [0.1, 0.15) is 10.7 Å². The Morgan fingerprint density at radius 3 is 2.35 bits per heavy atom. The number of carboxylic acid groups (broad SMARTS) is 1. The number of rotatable bonds is 3. The minimum Gasteiger partial charge on any atom is -0.481 e. The molecule has 1 saturated carbocycles. The highest BCUT2D eigenvalue weighted by molar-refractivity contribution is 7.90. The quantitative estimate of drug-likeness (QED) is 0.931. The summed E-state index contributed by atoms with van der Waals surface area (Å²) in [7, 11) is -3.72. The molecule has 0 spiro atoms. The van der Waals surface area contributed by atoms with Crippen LogP contribution in [-0.2, 0) is 20.0 Å². The molecule has 1 aliphatic rings. The molecule has 20 heavy (non-hydrogen) atoms. The third-order valence-electron chi connectivity index (χ3n) is 4.00. The van der Waals surface area contributed by atoms with Crippen molar-refractivity contribution in [1.82, 2.24) is 0 Å². The third kappa shape index (κ3) is 2.57. The first-order valence-corrected chi connectivity index (χ1v) is 8.40. The van der Waals surface area contributed by atoms with E-state index in [2.05, 4.69) is 0 Å². The molecule has 1 aromatic carbocycles. The van der Waals surface area contributed by atoms with E-state index >= 15 is 0 Å². The van der Waals surface area contributed by atoms with Gasteiger partial charge in [-0.2, -0.15) is 0 Å². The van der Waals surface area contributed by atoms with Gasteiger partial charge in [0.15, 0.2) is 9.84 Å². The highest BCUT2D eigenvalue weighted by Crippen LogP contribution is 2.40. The van der Waals surface area contributed by atoms with Gasteiger partial charge in [-0.15, -0.1) is 0 Å². The Labute approximate surface area is 117 Å². The summed E-state index contributed by atoms with van der Waals surface area (Å²) in [6.45, 7) is 0. The van der Waals surface area contributed by atoms with Crippen molar-refractivity contribution in [3.63, 3.8) is 0 Å². The van der Waals surface area contributed by atoms with Crippen molar-refractivity contribution < 1.29 is 22.7 Å². The number of benzene rings is 1. The van der Waals surface area contributed by atoms with E-state index in [1.165, 1.54) is 12.1 Å². The number of sulfone groups is 1. The summed E-state index contributed by atoms with van der Waals surface area (Å²) in [4.78, 5) is 11.3. The Kier molecular flexibility index (Phi) is 3.86. The molecule has 2 rings (SSSR count). The van der Waals surface area contributed by atoms with Gasteiger partial charge >= 0.3 is 5.97 Å². The Morgan fingerprint density at radius 2 is 1.85 bits per heavy atom. The second kappa shape index (κ2) is 5.16. The topological polar surface area (TPSA) is 71.4 Å². The molecule has 1 aliphatic carbocycles. The highest BCUT2D eigenvalue weighted by atomic mass is 32.2. The van der Waals surface area contributed by atoms with E-state index in [0.29, 0.717) is 18.4 Å². The molecule has 0 atom stereocenters. The van der Waals surface area contributed by atoms with E-state index < -0.39 is 31.9 Å². The molecular weight excluding hydrogens is 283 g/mol. The van der Waals surface area contributed by atoms with E-state index in [-0.39, 0.29) is 0 Å². The van der Waals surface area contributed by atoms with Crippen molar-refractivity contribution in [3.05, 3.63) is 29.6 Å². The van der Waals surface area contributed by atoms with Crippen LogP contribution in [0.2, 0.25) is 0 Å². The first-order valence-electron chi connectivity index (χ1n) is 6.51. The van der Waals surface area contributed by atoms with Crippen molar-refractivity contribution in [2.45, 2.75) is 42.4 Å². The van der Waals surface area contributed by atoms with Crippen LogP contribution in [0, 0.1) is 5.82 Å². The predicted molar refractivity (Wildman–Crippen MR) is 71.9 cm³/mol. The Morgan fingerprint density at radius 1 is 1.25 bits per heavy atom. The summed E-state index contributed by atoms with van der Waals surface area (Å²) in [5.74, 6) is -1.81. The summed E-state index contributed by atoms with van der Waals surface area (Å²) >= 11 is 0. The molecule has 1 N–H and O–H groups in total. The van der Waals surface area contributed by atoms with Crippen molar-refractivity contribution in [2.24, 2.45) is 0 Å². The number of aliphatic carboxylic acids is 1. The molecule has 0 unspecified atom stereocenters. The lowest BCUT2D eigenvalue weighted by atomic mass is 9.69. The second-order valence-electron chi connectivity index (χ2n) is 5.37. The van der Waals surface area contributed by atoms with Gasteiger partial charge in [0.2, 0.25) is 0 Å². The van der Waals surface area contributed by atoms with Crippen molar-refractivity contribution in [3.8, 4) is 0 Å². The van der Waals surface area contributed by atoms with Gasteiger partial charge in [-0.1, -0.05) is 25.3 Å². The number of carboxylic acids is 1. The molecule has 0 heterocycles. The van der Waals surface area contributed by atoms with E-state index in [0.717, 1.165) is 31.6 Å². The molecule has 1 fully saturated rings. The molecule has 110 valence electrons. The minimum atomic E-state index is -3.72. The van der Waals surface area contributed by atoms with Gasteiger partial charge in [0.05, 0.1) is 5.41 Å². The van der Waals surface area contributed by atoms with Crippen LogP contribution in [0.3, 0.4) is 0 Å². The largest absolute Gasteiger partial charge is 0.481 e. The van der Waals surface area contributed by atoms with Gasteiger partial charge < -0.3 is 5.11 Å². The number of hydrogen-bond donors (Lipinski definition) is 1. The molecule has 0 amide bonds. The van der Waals surface area contributed by atoms with Crippen LogP contribution in [0.15, 0.2) is 23.1 Å². The first kappa shape index (κ1) is 15.0. The van der Waals surface area contributed by atoms with Gasteiger partial charge in [0.25, 0.3) is 0 Å². The molecule has 0 aliphatic heterocycles. The zero-order valence-electron chi connectivity index (χ0n) is 11.2. The van der Waals surface area contributed by atoms with E-state index in [1.54, 1.807) is 0 Å². The van der Waals surface area contributed by atoms with Crippen molar-refractivity contribution in [2.75, 3.05) is 6.26 Å². The van der Waals surface area contributed by atoms with Crippen LogP contribution in [-0.4, -0.2) is 25.7 Å². The maximum Gasteiger partial charge on any atom is 0.314 e. The van der Waals surface area contributed by atoms with Gasteiger partial charge in [-0.25, -0.2) is 12.8 Å². The van der Waals surface area contributed by atoms with E-state index in [9.17, 15) is 22.7 Å². The molecule has 6 heteroatoms. The smallest absolute Gasteiger partial charge is 0.314 e. The fraction of sp³-hybridized carbons (Fsp3) is 0.500. The van der Waals surface area contributed by atoms with Crippen LogP contribution in [0.1, 0.15) is 37.7 Å². The molecular formula is C14H17FO4S. The normalized spacial score (nSPS) is 18.7. The second-order valence-corrected chi connectivity index (χ2v) is 7.35. The Balaban J connectivity index is 2.59. The zero-order valence-corrected chi connectivity index (χ0v) is 12.0. The SMILES string of the molecule is CS(=O)(=O)c1cc(C2(C(=O)O)CCCCC2)ccc1F. The standard InChI is InChI=1S/C14H17FO4S/c1-20(18,19)12-9-10(5-6-11(12)15)14(13(16)17)7-3-2-4-8-14/h5-6,9H,2-4,7-8H2,1H3,(H,16,17). The predicted octanol–water partition coefficient (Wildman–Crippen LogP) is 2.52. The monoisotopic (exact) mass is 300 g/mol. The van der Waals surface area contributed by atoms with Gasteiger partial charge in [0, 0.05) is 6.26 Å². The summed E-state index contributed by atoms with van der Waals surface area (Å²) in [6.07, 6.45) is 4.35. The highest BCUT2D eigenvalue weighted by Gasteiger charge is 2.41. The van der Waals surface area contributed by atoms with E-state index in [1.807, 2.05) is 0 Å². The summed E-state index contributed by atoms with van der Waals surface area (Å²) in [5.41, 5.74) is -0.711. The maximum absolute atomic E-state index is 13.6. The molecule has 0 bridgehead atoms. The van der Waals surface area contributed by atoms with Crippen LogP contribution < -0.4 is 0 Å². The average Bonchev–Trinajstić information content (AvgIpc) is 2.38. The average molecular weight is 300 g/mol. The molecule has 0 aromatic heterocycles. The molecule has 1 aromatic rings. The number of halogens is 1. The van der Waals surface area contributed by atoms with Crippen LogP contribution >= 0.6 is 0 Å². The fourth-order valence-electron chi connectivity index (χ4n) is 2.87. The maximum atomic E-state index is 13.6. The van der Waals surface area contributed by atoms with Gasteiger partial charge in [-0.3, -0.25) is 4.79 Å². The van der Waals surface area contributed by atoms with Crippen LogP contribution in [0.4, 0.5) is 4.39 Å². The molecule has 4 nitrogen and oxygen atoms in total. The summed E-state index contributed by atoms with van der Waals surface area (Å²) < 4.78 is 36.8. The summed E-state index contributed by atoms with van der Waals surface area (Å²) in [6, 6.07) is 3.62. The number of carbonyl (C=O) groups is 1. The lowest BCUT2D eigenvalue weighted by Crippen LogP contribution is -2.38. The van der Waals surface area contributed by atoms with E-state index in [4.69, 9.17) is 0 Å². The minimum absolute atomic E-state index is 0.381. The van der Waals surface area contributed by atoms with Gasteiger partial charge in [-0.05, 0) is 30.5 Å². The molecule has 0 radical (unpaired) electrons. The summed E-state index contributed by atoms with van der Waals surface area (Å²) in [5, 5.41) is 9.56. The Hall–Kier alpha value is -1.43. The number of hydrogen-bond acceptors (Lipinski definition) is 3. The first-order chi connectivity index (χ1) is 9.27. The lowest BCUT2D eigenvalue weighted by molar-refractivity contribution is -0.145.